The monoisotopic (exact) mass is 571 g/mol. The van der Waals surface area contributed by atoms with Gasteiger partial charge in [0.2, 0.25) is 10.0 Å². The minimum atomic E-state index is -3.53. The Morgan fingerprint density at radius 1 is 1.03 bits per heavy atom. The minimum absolute atomic E-state index is 0.0684. The van der Waals surface area contributed by atoms with Crippen LogP contribution in [0.5, 0.6) is 5.75 Å². The molecule has 0 spiro atoms. The summed E-state index contributed by atoms with van der Waals surface area (Å²) < 4.78 is 34.8. The van der Waals surface area contributed by atoms with Crippen molar-refractivity contribution in [2.45, 2.75) is 80.3 Å². The van der Waals surface area contributed by atoms with E-state index >= 15 is 0 Å². The van der Waals surface area contributed by atoms with Crippen molar-refractivity contribution in [1.82, 2.24) is 14.1 Å². The molecule has 3 atom stereocenters. The number of halogens is 1. The van der Waals surface area contributed by atoms with Gasteiger partial charge in [0.15, 0.2) is 0 Å². The minimum Gasteiger partial charge on any atom is -0.497 e. The molecule has 2 aromatic rings. The molecule has 0 N–H and O–H groups in total. The second-order valence-electron chi connectivity index (χ2n) is 12.3. The fraction of sp³-hybridized carbons (Fsp3) is 0.613. The summed E-state index contributed by atoms with van der Waals surface area (Å²) in [7, 11) is 0.524. The zero-order valence-corrected chi connectivity index (χ0v) is 25.1. The van der Waals surface area contributed by atoms with Crippen molar-refractivity contribution < 1.29 is 13.2 Å². The molecule has 0 radical (unpaired) electrons. The Labute approximate surface area is 239 Å². The van der Waals surface area contributed by atoms with Gasteiger partial charge in [0.05, 0.1) is 12.0 Å². The van der Waals surface area contributed by atoms with E-state index in [-0.39, 0.29) is 17.5 Å². The Bertz CT molecular complexity index is 1290. The largest absolute Gasteiger partial charge is 0.497 e. The zero-order chi connectivity index (χ0) is 27.4. The fourth-order valence-electron chi connectivity index (χ4n) is 7.77. The third-order valence-electron chi connectivity index (χ3n) is 10.3. The molecular weight excluding hydrogens is 530 g/mol. The number of likely N-dealkylation sites (tertiary alicyclic amines) is 2. The molecule has 0 aromatic heterocycles. The van der Waals surface area contributed by atoms with E-state index in [0.717, 1.165) is 70.5 Å². The van der Waals surface area contributed by atoms with Gasteiger partial charge in [-0.25, -0.2) is 8.42 Å². The van der Waals surface area contributed by atoms with Crippen LogP contribution < -0.4 is 4.74 Å². The maximum Gasteiger partial charge on any atom is 0.243 e. The molecule has 0 unspecified atom stereocenters. The molecule has 212 valence electrons. The van der Waals surface area contributed by atoms with Crippen LogP contribution in [0.25, 0.3) is 0 Å². The van der Waals surface area contributed by atoms with Crippen LogP contribution in [0.15, 0.2) is 47.4 Å². The first kappa shape index (κ1) is 27.5. The lowest BCUT2D eigenvalue weighted by Gasteiger charge is -2.56. The van der Waals surface area contributed by atoms with Gasteiger partial charge in [-0.2, -0.15) is 4.31 Å². The van der Waals surface area contributed by atoms with Gasteiger partial charge in [-0.05, 0) is 132 Å². The van der Waals surface area contributed by atoms with Crippen LogP contribution in [0.3, 0.4) is 0 Å². The van der Waals surface area contributed by atoms with Gasteiger partial charge in [0.1, 0.15) is 5.75 Å². The predicted molar refractivity (Wildman–Crippen MR) is 156 cm³/mol. The lowest BCUT2D eigenvalue weighted by molar-refractivity contribution is 0.0272. The Kier molecular flexibility index (Phi) is 7.51. The van der Waals surface area contributed by atoms with Crippen LogP contribution in [-0.4, -0.2) is 81.0 Å². The van der Waals surface area contributed by atoms with Gasteiger partial charge < -0.3 is 14.5 Å². The quantitative estimate of drug-likeness (QED) is 0.436. The van der Waals surface area contributed by atoms with Crippen LogP contribution >= 0.6 is 11.6 Å². The number of fused-ring (bicyclic) bond motifs is 4. The lowest BCUT2D eigenvalue weighted by atomic mass is 9.56. The van der Waals surface area contributed by atoms with Gasteiger partial charge in [-0.1, -0.05) is 24.6 Å². The van der Waals surface area contributed by atoms with Crippen LogP contribution in [0.2, 0.25) is 5.02 Å². The van der Waals surface area contributed by atoms with E-state index in [0.29, 0.717) is 21.9 Å². The number of nitrogens with zero attached hydrogens (tertiary/aromatic N) is 3. The number of benzene rings is 2. The van der Waals surface area contributed by atoms with E-state index in [2.05, 4.69) is 42.0 Å². The molecule has 2 aliphatic heterocycles. The SMILES string of the molecule is COc1ccc2c(c1)[C@]1(CCN3CCC(N(C4CC4)S(=O)(=O)c4ccc(Cl)cc4)CC3)CCN(C)[C@H](C2)[C@@H]1C. The highest BCUT2D eigenvalue weighted by Crippen LogP contribution is 2.51. The Morgan fingerprint density at radius 3 is 2.38 bits per heavy atom. The third kappa shape index (κ3) is 5.03. The molecule has 2 aromatic carbocycles. The standard InChI is InChI=1S/C31H42ClN3O3S/c1-22-30-20-23-4-9-27(38-3)21-29(23)31(22,14-18-33(30)2)15-19-34-16-12-26(13-17-34)35(25-7-8-25)39(36,37)28-10-5-24(32)6-11-28/h4-6,9-11,21-22,25-26,30H,7-8,12-20H2,1-3H3/t22-,30+,31-/m0/s1. The molecule has 3 fully saturated rings. The van der Waals surface area contributed by atoms with E-state index < -0.39 is 10.0 Å². The number of hydrogen-bond acceptors (Lipinski definition) is 5. The van der Waals surface area contributed by atoms with Crippen LogP contribution in [-0.2, 0) is 21.9 Å². The van der Waals surface area contributed by atoms with Crippen molar-refractivity contribution in [3.8, 4) is 5.75 Å². The second kappa shape index (κ2) is 10.6. The van der Waals surface area contributed by atoms with Crippen LogP contribution in [0.1, 0.15) is 56.6 Å². The van der Waals surface area contributed by atoms with Crippen molar-refractivity contribution in [1.29, 1.82) is 0 Å². The average Bonchev–Trinajstić information content (AvgIpc) is 3.76. The summed E-state index contributed by atoms with van der Waals surface area (Å²) in [5.41, 5.74) is 3.15. The summed E-state index contributed by atoms with van der Waals surface area (Å²) in [6, 6.07) is 14.2. The number of ether oxygens (including phenoxy) is 1. The van der Waals surface area contributed by atoms with Gasteiger partial charge in [0, 0.05) is 28.6 Å². The number of sulfonamides is 1. The normalized spacial score (nSPS) is 28.4. The van der Waals surface area contributed by atoms with E-state index in [4.69, 9.17) is 16.3 Å². The molecule has 6 rings (SSSR count). The first-order valence-electron chi connectivity index (χ1n) is 14.6. The highest BCUT2D eigenvalue weighted by Gasteiger charge is 2.50. The lowest BCUT2D eigenvalue weighted by Crippen LogP contribution is -2.58. The summed E-state index contributed by atoms with van der Waals surface area (Å²) in [6.45, 7) is 6.54. The van der Waals surface area contributed by atoms with Gasteiger partial charge in [-0.3, -0.25) is 0 Å². The number of methoxy groups -OCH3 is 1. The molecule has 8 heteroatoms. The van der Waals surface area contributed by atoms with Gasteiger partial charge >= 0.3 is 0 Å². The van der Waals surface area contributed by atoms with E-state index in [1.807, 2.05) is 4.31 Å². The van der Waals surface area contributed by atoms with E-state index in [1.54, 1.807) is 31.4 Å². The molecule has 2 heterocycles. The Balaban J connectivity index is 1.16. The number of hydrogen-bond donors (Lipinski definition) is 0. The van der Waals surface area contributed by atoms with Gasteiger partial charge in [-0.15, -0.1) is 0 Å². The number of piperidine rings is 2. The smallest absolute Gasteiger partial charge is 0.243 e. The highest BCUT2D eigenvalue weighted by atomic mass is 35.5. The third-order valence-corrected chi connectivity index (χ3v) is 12.6. The molecule has 0 amide bonds. The van der Waals surface area contributed by atoms with Crippen LogP contribution in [0.4, 0.5) is 0 Å². The summed E-state index contributed by atoms with van der Waals surface area (Å²) in [5, 5.41) is 0.559. The first-order chi connectivity index (χ1) is 18.7. The number of likely N-dealkylation sites (N-methyl/N-ethyl adjacent to an activating group) is 1. The number of rotatable bonds is 8. The summed E-state index contributed by atoms with van der Waals surface area (Å²) in [5.74, 6) is 1.55. The highest BCUT2D eigenvalue weighted by molar-refractivity contribution is 7.89. The molecule has 1 saturated carbocycles. The maximum atomic E-state index is 13.6. The molecule has 39 heavy (non-hydrogen) atoms. The van der Waals surface area contributed by atoms with Crippen molar-refractivity contribution in [3.63, 3.8) is 0 Å². The van der Waals surface area contributed by atoms with Crippen molar-refractivity contribution in [2.24, 2.45) is 5.92 Å². The summed E-state index contributed by atoms with van der Waals surface area (Å²) >= 11 is 6.04. The first-order valence-corrected chi connectivity index (χ1v) is 16.4. The average molecular weight is 572 g/mol. The Morgan fingerprint density at radius 2 is 1.72 bits per heavy atom. The van der Waals surface area contributed by atoms with Crippen molar-refractivity contribution >= 4 is 21.6 Å². The van der Waals surface area contributed by atoms with Gasteiger partial charge in [0.25, 0.3) is 0 Å². The molecule has 2 aliphatic carbocycles. The van der Waals surface area contributed by atoms with Crippen LogP contribution in [0, 0.1) is 5.92 Å². The molecule has 6 nitrogen and oxygen atoms in total. The predicted octanol–water partition coefficient (Wildman–Crippen LogP) is 5.19. The molecule has 2 saturated heterocycles. The topological polar surface area (TPSA) is 53.1 Å². The zero-order valence-electron chi connectivity index (χ0n) is 23.5. The fourth-order valence-corrected chi connectivity index (χ4v) is 9.83. The summed E-state index contributed by atoms with van der Waals surface area (Å²) in [6.07, 6.45) is 7.13. The van der Waals surface area contributed by atoms with Crippen molar-refractivity contribution in [2.75, 3.05) is 40.3 Å². The maximum absolute atomic E-state index is 13.6. The second-order valence-corrected chi connectivity index (χ2v) is 14.6. The van der Waals surface area contributed by atoms with E-state index in [9.17, 15) is 8.42 Å². The summed E-state index contributed by atoms with van der Waals surface area (Å²) in [4.78, 5) is 5.51. The van der Waals surface area contributed by atoms with E-state index in [1.165, 1.54) is 17.5 Å². The molecule has 4 aliphatic rings. The van der Waals surface area contributed by atoms with Crippen molar-refractivity contribution in [3.05, 3.63) is 58.6 Å². The molecule has 2 bridgehead atoms. The Hall–Kier alpha value is -1.64. The molecular formula is C31H42ClN3O3S.